The molecule has 1 unspecified atom stereocenters. The van der Waals surface area contributed by atoms with Crippen molar-refractivity contribution < 1.29 is 4.74 Å². The van der Waals surface area contributed by atoms with Gasteiger partial charge in [0.25, 0.3) is 0 Å². The Morgan fingerprint density at radius 3 is 2.68 bits per heavy atom. The van der Waals surface area contributed by atoms with Crippen molar-refractivity contribution in [2.75, 3.05) is 6.61 Å². The van der Waals surface area contributed by atoms with E-state index in [0.29, 0.717) is 6.61 Å². The third kappa shape index (κ3) is 2.23. The molecule has 2 aromatic carbocycles. The monoisotopic (exact) mass is 312 g/mol. The van der Waals surface area contributed by atoms with Crippen molar-refractivity contribution in [3.63, 3.8) is 0 Å². The average Bonchev–Trinajstić information content (AvgIpc) is 2.55. The number of nitrogens with two attached hydrogens (primary N) is 1. The van der Waals surface area contributed by atoms with E-state index in [1.54, 1.807) is 6.20 Å². The van der Waals surface area contributed by atoms with Crippen LogP contribution in [-0.4, -0.2) is 11.6 Å². The van der Waals surface area contributed by atoms with Gasteiger partial charge in [0.1, 0.15) is 11.4 Å². The Kier molecular flexibility index (Phi) is 3.77. The lowest BCUT2D eigenvalue weighted by atomic mass is 9.82. The number of nitrogens with zero attached hydrogens (tertiary/aromatic N) is 1. The predicted molar refractivity (Wildman–Crippen MR) is 90.5 cm³/mol. The molecule has 1 atom stereocenters. The first kappa shape index (κ1) is 14.8. The second-order valence-corrected chi connectivity index (χ2v) is 5.48. The van der Waals surface area contributed by atoms with Crippen LogP contribution in [0.15, 0.2) is 60.8 Å². The van der Waals surface area contributed by atoms with E-state index >= 15 is 0 Å². The van der Waals surface area contributed by atoms with Crippen LogP contribution in [0.2, 0.25) is 0 Å². The summed E-state index contributed by atoms with van der Waals surface area (Å²) in [4.78, 5) is 4.48. The number of rotatable bonds is 1. The largest absolute Gasteiger partial charge is 0.491 e. The third-order valence-electron chi connectivity index (χ3n) is 4.21. The lowest BCUT2D eigenvalue weighted by Gasteiger charge is -2.34. The van der Waals surface area contributed by atoms with E-state index in [1.807, 2.05) is 24.3 Å². The Balaban J connectivity index is 0.00000144. The summed E-state index contributed by atoms with van der Waals surface area (Å²) in [6.45, 7) is 0.613. The minimum atomic E-state index is -0.584. The molecule has 1 aliphatic heterocycles. The van der Waals surface area contributed by atoms with Crippen LogP contribution in [-0.2, 0) is 5.54 Å². The standard InChI is InChI=1S/C18H16N2O.ClH/c19-18(9-11-21-16-6-3-10-20-17(16)18)15-8-7-13-4-1-2-5-14(13)12-15;/h1-8,10,12H,9,11,19H2;1H. The van der Waals surface area contributed by atoms with Gasteiger partial charge in [-0.25, -0.2) is 0 Å². The van der Waals surface area contributed by atoms with Crippen molar-refractivity contribution in [2.24, 2.45) is 5.73 Å². The molecule has 1 aliphatic rings. The quantitative estimate of drug-likeness (QED) is 0.746. The summed E-state index contributed by atoms with van der Waals surface area (Å²) < 4.78 is 5.69. The smallest absolute Gasteiger partial charge is 0.143 e. The Morgan fingerprint density at radius 1 is 1.00 bits per heavy atom. The molecule has 0 saturated heterocycles. The molecule has 0 radical (unpaired) electrons. The lowest BCUT2D eigenvalue weighted by molar-refractivity contribution is 0.232. The zero-order valence-corrected chi connectivity index (χ0v) is 12.8. The maximum Gasteiger partial charge on any atom is 0.143 e. The summed E-state index contributed by atoms with van der Waals surface area (Å²) in [5.41, 5.74) is 8.07. The first-order valence-corrected chi connectivity index (χ1v) is 7.14. The number of aromatic nitrogens is 1. The Labute approximate surface area is 135 Å². The van der Waals surface area contributed by atoms with Gasteiger partial charge < -0.3 is 10.5 Å². The molecule has 3 aromatic rings. The highest BCUT2D eigenvalue weighted by Gasteiger charge is 2.37. The van der Waals surface area contributed by atoms with E-state index in [2.05, 4.69) is 35.3 Å². The van der Waals surface area contributed by atoms with Gasteiger partial charge in [-0.2, -0.15) is 0 Å². The summed E-state index contributed by atoms with van der Waals surface area (Å²) in [7, 11) is 0. The Morgan fingerprint density at radius 2 is 1.82 bits per heavy atom. The van der Waals surface area contributed by atoms with Crippen molar-refractivity contribution in [3.8, 4) is 5.75 Å². The summed E-state index contributed by atoms with van der Waals surface area (Å²) in [6.07, 6.45) is 2.51. The zero-order chi connectivity index (χ0) is 14.3. The van der Waals surface area contributed by atoms with Crippen molar-refractivity contribution in [3.05, 3.63) is 72.1 Å². The van der Waals surface area contributed by atoms with Gasteiger partial charge in [0, 0.05) is 12.6 Å². The minimum Gasteiger partial charge on any atom is -0.491 e. The van der Waals surface area contributed by atoms with Crippen molar-refractivity contribution >= 4 is 23.2 Å². The van der Waals surface area contributed by atoms with Crippen molar-refractivity contribution in [1.82, 2.24) is 4.98 Å². The summed E-state index contributed by atoms with van der Waals surface area (Å²) in [5.74, 6) is 0.791. The molecule has 2 N–H and O–H groups in total. The fraction of sp³-hybridized carbons (Fsp3) is 0.167. The molecule has 22 heavy (non-hydrogen) atoms. The van der Waals surface area contributed by atoms with Gasteiger partial charge in [0.05, 0.1) is 12.1 Å². The molecular formula is C18H17ClN2O. The molecule has 0 amide bonds. The van der Waals surface area contributed by atoms with Crippen LogP contribution >= 0.6 is 12.4 Å². The molecule has 0 spiro atoms. The van der Waals surface area contributed by atoms with E-state index in [-0.39, 0.29) is 12.4 Å². The van der Waals surface area contributed by atoms with Gasteiger partial charge in [0.2, 0.25) is 0 Å². The highest BCUT2D eigenvalue weighted by molar-refractivity contribution is 5.85. The van der Waals surface area contributed by atoms with Gasteiger partial charge in [0.15, 0.2) is 0 Å². The normalized spacial score (nSPS) is 19.9. The lowest BCUT2D eigenvalue weighted by Crippen LogP contribution is -2.43. The Bertz CT molecular complexity index is 821. The van der Waals surface area contributed by atoms with Crippen LogP contribution in [0.5, 0.6) is 5.75 Å². The molecule has 2 heterocycles. The van der Waals surface area contributed by atoms with Crippen LogP contribution in [0.25, 0.3) is 10.8 Å². The summed E-state index contributed by atoms with van der Waals surface area (Å²) in [5, 5.41) is 2.42. The van der Waals surface area contributed by atoms with Gasteiger partial charge >= 0.3 is 0 Å². The van der Waals surface area contributed by atoms with Crippen LogP contribution in [0.1, 0.15) is 17.7 Å². The second-order valence-electron chi connectivity index (χ2n) is 5.48. The number of ether oxygens (including phenoxy) is 1. The first-order valence-electron chi connectivity index (χ1n) is 7.14. The first-order chi connectivity index (χ1) is 10.3. The molecule has 0 saturated carbocycles. The van der Waals surface area contributed by atoms with Crippen LogP contribution in [0, 0.1) is 0 Å². The minimum absolute atomic E-state index is 0. The maximum atomic E-state index is 6.74. The van der Waals surface area contributed by atoms with Crippen molar-refractivity contribution in [2.45, 2.75) is 12.0 Å². The molecule has 4 heteroatoms. The average molecular weight is 313 g/mol. The van der Waals surface area contributed by atoms with Gasteiger partial charge in [-0.05, 0) is 34.5 Å². The predicted octanol–water partition coefficient (Wildman–Crippen LogP) is 3.64. The molecule has 0 bridgehead atoms. The molecule has 4 rings (SSSR count). The fourth-order valence-electron chi connectivity index (χ4n) is 3.03. The number of benzene rings is 2. The second kappa shape index (κ2) is 5.59. The van der Waals surface area contributed by atoms with Gasteiger partial charge in [-0.1, -0.05) is 36.4 Å². The number of halogens is 1. The van der Waals surface area contributed by atoms with Gasteiger partial charge in [-0.3, -0.25) is 4.98 Å². The number of fused-ring (bicyclic) bond motifs is 2. The van der Waals surface area contributed by atoms with Crippen LogP contribution < -0.4 is 10.5 Å². The summed E-state index contributed by atoms with van der Waals surface area (Å²) in [6, 6.07) is 18.5. The van der Waals surface area contributed by atoms with Gasteiger partial charge in [-0.15, -0.1) is 12.4 Å². The van der Waals surface area contributed by atoms with E-state index in [9.17, 15) is 0 Å². The van der Waals surface area contributed by atoms with Crippen LogP contribution in [0.4, 0.5) is 0 Å². The molecule has 112 valence electrons. The van der Waals surface area contributed by atoms with E-state index in [0.717, 1.165) is 23.4 Å². The fourth-order valence-corrected chi connectivity index (χ4v) is 3.03. The van der Waals surface area contributed by atoms with Crippen LogP contribution in [0.3, 0.4) is 0 Å². The highest BCUT2D eigenvalue weighted by Crippen LogP contribution is 2.38. The zero-order valence-electron chi connectivity index (χ0n) is 12.0. The van der Waals surface area contributed by atoms with E-state index in [1.165, 1.54) is 10.8 Å². The maximum absolute atomic E-state index is 6.74. The topological polar surface area (TPSA) is 48.1 Å². The number of hydrogen-bond donors (Lipinski definition) is 1. The summed E-state index contributed by atoms with van der Waals surface area (Å²) >= 11 is 0. The molecule has 3 nitrogen and oxygen atoms in total. The Hall–Kier alpha value is -2.10. The SMILES string of the molecule is Cl.NC1(c2ccc3ccccc3c2)CCOc2cccnc21. The molecule has 0 aliphatic carbocycles. The number of hydrogen-bond acceptors (Lipinski definition) is 3. The van der Waals surface area contributed by atoms with E-state index < -0.39 is 5.54 Å². The molecule has 0 fully saturated rings. The highest BCUT2D eigenvalue weighted by atomic mass is 35.5. The third-order valence-corrected chi connectivity index (χ3v) is 4.21. The van der Waals surface area contributed by atoms with E-state index in [4.69, 9.17) is 10.5 Å². The molecule has 1 aromatic heterocycles. The van der Waals surface area contributed by atoms with Crippen molar-refractivity contribution in [1.29, 1.82) is 0 Å². The number of pyridine rings is 1. The molecular weight excluding hydrogens is 296 g/mol.